The molecule has 0 bridgehead atoms. The highest BCUT2D eigenvalue weighted by Crippen LogP contribution is 2.30. The summed E-state index contributed by atoms with van der Waals surface area (Å²) in [5.74, 6) is 1.35. The number of aryl methyl sites for hydroxylation is 1. The first-order chi connectivity index (χ1) is 13.5. The lowest BCUT2D eigenvalue weighted by Crippen LogP contribution is -2.38. The zero-order valence-corrected chi connectivity index (χ0v) is 17.6. The number of aromatic nitrogens is 1. The van der Waals surface area contributed by atoms with Crippen LogP contribution in [0.25, 0.3) is 0 Å². The van der Waals surface area contributed by atoms with E-state index in [1.54, 1.807) is 23.5 Å². The van der Waals surface area contributed by atoms with Crippen LogP contribution in [0.1, 0.15) is 48.2 Å². The molecule has 28 heavy (non-hydrogen) atoms. The molecule has 1 aromatic carbocycles. The lowest BCUT2D eigenvalue weighted by molar-refractivity contribution is 0.285. The minimum absolute atomic E-state index is 0.0770. The van der Waals surface area contributed by atoms with E-state index >= 15 is 0 Å². The van der Waals surface area contributed by atoms with Crippen molar-refractivity contribution in [2.75, 3.05) is 19.7 Å². The Kier molecular flexibility index (Phi) is 7.25. The second kappa shape index (κ2) is 9.87. The van der Waals surface area contributed by atoms with Crippen molar-refractivity contribution in [2.45, 2.75) is 46.1 Å². The van der Waals surface area contributed by atoms with Gasteiger partial charge in [0.05, 0.1) is 17.7 Å². The van der Waals surface area contributed by atoms with Gasteiger partial charge in [-0.1, -0.05) is 6.07 Å². The lowest BCUT2D eigenvalue weighted by atomic mass is 10.1. The predicted octanol–water partition coefficient (Wildman–Crippen LogP) is 4.24. The molecule has 1 fully saturated rings. The molecular weight excluding hydrogens is 375 g/mol. The van der Waals surface area contributed by atoms with Crippen molar-refractivity contribution in [3.63, 3.8) is 0 Å². The van der Waals surface area contributed by atoms with Crippen molar-refractivity contribution in [2.24, 2.45) is 10.9 Å². The maximum Gasteiger partial charge on any atom is 0.191 e. The van der Waals surface area contributed by atoms with E-state index in [0.29, 0.717) is 24.8 Å². The van der Waals surface area contributed by atoms with Gasteiger partial charge in [0.15, 0.2) is 17.5 Å². The number of rotatable bonds is 9. The van der Waals surface area contributed by atoms with E-state index in [9.17, 15) is 4.39 Å². The van der Waals surface area contributed by atoms with Gasteiger partial charge in [-0.05, 0) is 57.2 Å². The van der Waals surface area contributed by atoms with E-state index < -0.39 is 0 Å². The van der Waals surface area contributed by atoms with Gasteiger partial charge in [0.1, 0.15) is 0 Å². The van der Waals surface area contributed by atoms with Crippen molar-refractivity contribution in [1.29, 1.82) is 0 Å². The molecule has 0 saturated heterocycles. The largest absolute Gasteiger partial charge is 0.490 e. The number of ether oxygens (including phenoxy) is 1. The first-order valence-corrected chi connectivity index (χ1v) is 10.7. The van der Waals surface area contributed by atoms with Gasteiger partial charge in [-0.2, -0.15) is 0 Å². The summed E-state index contributed by atoms with van der Waals surface area (Å²) in [4.78, 5) is 10.2. The van der Waals surface area contributed by atoms with Crippen molar-refractivity contribution in [3.8, 4) is 5.75 Å². The highest BCUT2D eigenvalue weighted by atomic mass is 32.1. The number of hydrogen-bond donors (Lipinski definition) is 2. The molecule has 0 radical (unpaired) electrons. The Morgan fingerprint density at radius 1 is 1.43 bits per heavy atom. The number of aliphatic imine (C=N–C) groups is 1. The standard InChI is InChI=1S/C21H29FN4OS/c1-4-23-21(24-10-9-20-25-12-14(2)28-20)26-15(3)17-7-8-19(18(22)11-17)27-13-16-5-6-16/h7-8,11-12,15-16H,4-6,9-10,13H2,1-3H3,(H2,23,24,26). The first kappa shape index (κ1) is 20.6. The molecule has 5 nitrogen and oxygen atoms in total. The molecule has 1 aliphatic carbocycles. The third-order valence-corrected chi connectivity index (χ3v) is 5.56. The molecule has 1 heterocycles. The maximum atomic E-state index is 14.4. The Hall–Kier alpha value is -2.15. The second-order valence-electron chi connectivity index (χ2n) is 7.19. The predicted molar refractivity (Wildman–Crippen MR) is 113 cm³/mol. The summed E-state index contributed by atoms with van der Waals surface area (Å²) in [5, 5.41) is 7.68. The van der Waals surface area contributed by atoms with E-state index in [0.717, 1.165) is 29.5 Å². The smallest absolute Gasteiger partial charge is 0.191 e. The Morgan fingerprint density at radius 3 is 2.89 bits per heavy atom. The molecule has 0 aliphatic heterocycles. The molecule has 152 valence electrons. The van der Waals surface area contributed by atoms with Gasteiger partial charge in [-0.15, -0.1) is 11.3 Å². The summed E-state index contributed by atoms with van der Waals surface area (Å²) in [6, 6.07) is 5.10. The van der Waals surface area contributed by atoms with Crippen LogP contribution >= 0.6 is 11.3 Å². The lowest BCUT2D eigenvalue weighted by Gasteiger charge is -2.19. The number of nitrogens with one attached hydrogen (secondary N) is 2. The molecule has 2 aromatic rings. The SMILES string of the molecule is CCNC(=NCCc1ncc(C)s1)NC(C)c1ccc(OCC2CC2)c(F)c1. The van der Waals surface area contributed by atoms with Gasteiger partial charge in [0, 0.05) is 30.6 Å². The number of guanidine groups is 1. The van der Waals surface area contributed by atoms with Crippen LogP contribution in [0, 0.1) is 18.7 Å². The third-order valence-electron chi connectivity index (χ3n) is 4.59. The van der Waals surface area contributed by atoms with Gasteiger partial charge in [-0.3, -0.25) is 4.99 Å². The summed E-state index contributed by atoms with van der Waals surface area (Å²) in [7, 11) is 0. The van der Waals surface area contributed by atoms with Crippen LogP contribution in [-0.4, -0.2) is 30.6 Å². The molecule has 7 heteroatoms. The van der Waals surface area contributed by atoms with Crippen LogP contribution in [0.4, 0.5) is 4.39 Å². The number of hydrogen-bond acceptors (Lipinski definition) is 4. The van der Waals surface area contributed by atoms with E-state index in [2.05, 4.69) is 27.5 Å². The average Bonchev–Trinajstić information content (AvgIpc) is 3.41. The second-order valence-corrected chi connectivity index (χ2v) is 8.50. The van der Waals surface area contributed by atoms with E-state index in [4.69, 9.17) is 4.74 Å². The Labute approximate surface area is 170 Å². The molecular formula is C21H29FN4OS. The van der Waals surface area contributed by atoms with Crippen molar-refractivity contribution in [1.82, 2.24) is 15.6 Å². The van der Waals surface area contributed by atoms with Gasteiger partial charge in [0.25, 0.3) is 0 Å². The highest BCUT2D eigenvalue weighted by Gasteiger charge is 2.22. The third kappa shape index (κ3) is 6.19. The van der Waals surface area contributed by atoms with Crippen molar-refractivity contribution >= 4 is 17.3 Å². The minimum Gasteiger partial charge on any atom is -0.490 e. The minimum atomic E-state index is -0.312. The Morgan fingerprint density at radius 2 is 2.25 bits per heavy atom. The normalized spacial score (nSPS) is 15.4. The molecule has 1 aromatic heterocycles. The fraction of sp³-hybridized carbons (Fsp3) is 0.524. The molecule has 0 amide bonds. The van der Waals surface area contributed by atoms with Crippen LogP contribution < -0.4 is 15.4 Å². The molecule has 1 saturated carbocycles. The summed E-state index contributed by atoms with van der Waals surface area (Å²) in [6.45, 7) is 8.10. The Bertz CT molecular complexity index is 803. The molecule has 1 aliphatic rings. The zero-order valence-electron chi connectivity index (χ0n) is 16.8. The molecule has 2 N–H and O–H groups in total. The molecule has 1 atom stereocenters. The van der Waals surface area contributed by atoms with E-state index in [1.807, 2.05) is 26.1 Å². The van der Waals surface area contributed by atoms with Crippen LogP contribution in [0.15, 0.2) is 29.4 Å². The average molecular weight is 405 g/mol. The topological polar surface area (TPSA) is 58.5 Å². The monoisotopic (exact) mass is 404 g/mol. The molecule has 3 rings (SSSR count). The summed E-state index contributed by atoms with van der Waals surface area (Å²) in [6.07, 6.45) is 5.08. The quantitative estimate of drug-likeness (QED) is 0.485. The van der Waals surface area contributed by atoms with Gasteiger partial charge < -0.3 is 15.4 Å². The number of halogens is 1. The number of benzene rings is 1. The summed E-state index contributed by atoms with van der Waals surface area (Å²) in [5.41, 5.74) is 0.859. The summed E-state index contributed by atoms with van der Waals surface area (Å²) >= 11 is 1.70. The van der Waals surface area contributed by atoms with E-state index in [-0.39, 0.29) is 11.9 Å². The fourth-order valence-corrected chi connectivity index (χ4v) is 3.56. The van der Waals surface area contributed by atoms with Crippen LogP contribution in [0.2, 0.25) is 0 Å². The van der Waals surface area contributed by atoms with Crippen LogP contribution in [-0.2, 0) is 6.42 Å². The molecule has 0 spiro atoms. The maximum absolute atomic E-state index is 14.4. The fourth-order valence-electron chi connectivity index (χ4n) is 2.78. The summed E-state index contributed by atoms with van der Waals surface area (Å²) < 4.78 is 19.9. The highest BCUT2D eigenvalue weighted by molar-refractivity contribution is 7.11. The zero-order chi connectivity index (χ0) is 19.9. The van der Waals surface area contributed by atoms with Gasteiger partial charge in [0.2, 0.25) is 0 Å². The van der Waals surface area contributed by atoms with Gasteiger partial charge >= 0.3 is 0 Å². The molecule has 1 unspecified atom stereocenters. The van der Waals surface area contributed by atoms with Crippen molar-refractivity contribution < 1.29 is 9.13 Å². The van der Waals surface area contributed by atoms with Crippen LogP contribution in [0.3, 0.4) is 0 Å². The first-order valence-electron chi connectivity index (χ1n) is 9.93. The van der Waals surface area contributed by atoms with E-state index in [1.165, 1.54) is 17.7 Å². The van der Waals surface area contributed by atoms with Gasteiger partial charge in [-0.25, -0.2) is 9.37 Å². The van der Waals surface area contributed by atoms with Crippen LogP contribution in [0.5, 0.6) is 5.75 Å². The Balaban J connectivity index is 1.56. The number of nitrogens with zero attached hydrogens (tertiary/aromatic N) is 2. The number of thiazole rings is 1. The van der Waals surface area contributed by atoms with Crippen molar-refractivity contribution in [3.05, 3.63) is 45.7 Å².